The van der Waals surface area contributed by atoms with Crippen molar-refractivity contribution in [3.05, 3.63) is 82.9 Å². The lowest BCUT2D eigenvalue weighted by Gasteiger charge is -2.10. The number of furan rings is 1. The standard InChI is InChI=1S/C23H23N3O4/c1-14-7-5-8-18(11-14)22-25-24-21(30-22)17(4)29-23(27)20-12-15(2)26(16(20)3)13-19-9-6-10-28-19/h5-12,17H,13H2,1-4H3. The van der Waals surface area contributed by atoms with E-state index in [1.54, 1.807) is 13.2 Å². The van der Waals surface area contributed by atoms with E-state index in [1.807, 2.05) is 67.8 Å². The van der Waals surface area contributed by atoms with Gasteiger partial charge in [-0.2, -0.15) is 0 Å². The summed E-state index contributed by atoms with van der Waals surface area (Å²) in [6.07, 6.45) is 0.965. The number of hydrogen-bond acceptors (Lipinski definition) is 6. The Bertz CT molecular complexity index is 1170. The monoisotopic (exact) mass is 405 g/mol. The quantitative estimate of drug-likeness (QED) is 0.419. The van der Waals surface area contributed by atoms with Crippen LogP contribution in [-0.4, -0.2) is 20.7 Å². The van der Waals surface area contributed by atoms with E-state index >= 15 is 0 Å². The Balaban J connectivity index is 1.49. The van der Waals surface area contributed by atoms with E-state index in [1.165, 1.54) is 0 Å². The van der Waals surface area contributed by atoms with Gasteiger partial charge in [-0.25, -0.2) is 4.79 Å². The molecule has 3 aromatic heterocycles. The summed E-state index contributed by atoms with van der Waals surface area (Å²) in [5.41, 5.74) is 4.19. The van der Waals surface area contributed by atoms with E-state index < -0.39 is 12.1 Å². The molecule has 0 spiro atoms. The van der Waals surface area contributed by atoms with Crippen LogP contribution in [0.4, 0.5) is 0 Å². The zero-order valence-electron chi connectivity index (χ0n) is 17.4. The highest BCUT2D eigenvalue weighted by Crippen LogP contribution is 2.25. The summed E-state index contributed by atoms with van der Waals surface area (Å²) in [6.45, 7) is 8.10. The predicted octanol–water partition coefficient (Wildman–Crippen LogP) is 5.02. The van der Waals surface area contributed by atoms with Crippen molar-refractivity contribution in [2.24, 2.45) is 0 Å². The first kappa shape index (κ1) is 19.7. The van der Waals surface area contributed by atoms with E-state index in [4.69, 9.17) is 13.6 Å². The number of hydrogen-bond donors (Lipinski definition) is 0. The van der Waals surface area contributed by atoms with Crippen LogP contribution in [0.5, 0.6) is 0 Å². The molecule has 0 aliphatic rings. The third kappa shape index (κ3) is 3.91. The summed E-state index contributed by atoms with van der Waals surface area (Å²) in [6, 6.07) is 13.3. The number of aryl methyl sites for hydroxylation is 2. The SMILES string of the molecule is Cc1cccc(-c2nnc(C(C)OC(=O)c3cc(C)n(Cc4ccco4)c3C)o2)c1. The minimum atomic E-state index is -0.670. The number of ether oxygens (including phenoxy) is 1. The molecule has 154 valence electrons. The number of aromatic nitrogens is 3. The van der Waals surface area contributed by atoms with Crippen LogP contribution in [0.1, 0.15) is 52.0 Å². The normalized spacial score (nSPS) is 12.1. The molecule has 0 bridgehead atoms. The van der Waals surface area contributed by atoms with Crippen molar-refractivity contribution >= 4 is 5.97 Å². The molecule has 0 amide bonds. The van der Waals surface area contributed by atoms with Gasteiger partial charge < -0.3 is 18.1 Å². The Kier molecular flexibility index (Phi) is 5.27. The van der Waals surface area contributed by atoms with Gasteiger partial charge in [-0.3, -0.25) is 0 Å². The van der Waals surface area contributed by atoms with Gasteiger partial charge >= 0.3 is 5.97 Å². The van der Waals surface area contributed by atoms with Crippen molar-refractivity contribution in [1.82, 2.24) is 14.8 Å². The molecule has 0 radical (unpaired) electrons. The Labute approximate surface area is 174 Å². The molecule has 1 aromatic carbocycles. The van der Waals surface area contributed by atoms with Crippen molar-refractivity contribution in [2.45, 2.75) is 40.3 Å². The number of carbonyl (C=O) groups is 1. The van der Waals surface area contributed by atoms with Crippen LogP contribution in [0.15, 0.2) is 57.6 Å². The topological polar surface area (TPSA) is 83.3 Å². The first-order chi connectivity index (χ1) is 14.4. The molecule has 3 heterocycles. The van der Waals surface area contributed by atoms with Crippen molar-refractivity contribution in [3.8, 4) is 11.5 Å². The highest BCUT2D eigenvalue weighted by atomic mass is 16.6. The van der Waals surface area contributed by atoms with Crippen molar-refractivity contribution < 1.29 is 18.4 Å². The maximum absolute atomic E-state index is 12.8. The molecular formula is C23H23N3O4. The molecule has 1 unspecified atom stereocenters. The third-order valence-electron chi connectivity index (χ3n) is 5.02. The van der Waals surface area contributed by atoms with Crippen LogP contribution in [0, 0.1) is 20.8 Å². The third-order valence-corrected chi connectivity index (χ3v) is 5.02. The number of benzene rings is 1. The molecule has 0 fully saturated rings. The fraction of sp³-hybridized carbons (Fsp3) is 0.261. The second-order valence-corrected chi connectivity index (χ2v) is 7.31. The van der Waals surface area contributed by atoms with Gasteiger partial charge in [0.15, 0.2) is 6.10 Å². The summed E-state index contributed by atoms with van der Waals surface area (Å²) in [7, 11) is 0. The number of nitrogens with zero attached hydrogens (tertiary/aromatic N) is 3. The van der Waals surface area contributed by atoms with Crippen molar-refractivity contribution in [1.29, 1.82) is 0 Å². The Hall–Kier alpha value is -3.61. The van der Waals surface area contributed by atoms with Crippen molar-refractivity contribution in [2.75, 3.05) is 0 Å². The van der Waals surface area contributed by atoms with Crippen LogP contribution in [0.3, 0.4) is 0 Å². The number of esters is 1. The fourth-order valence-corrected chi connectivity index (χ4v) is 3.38. The molecule has 1 atom stereocenters. The van der Waals surface area contributed by atoms with Gasteiger partial charge in [0.1, 0.15) is 5.76 Å². The average molecular weight is 405 g/mol. The van der Waals surface area contributed by atoms with E-state index in [-0.39, 0.29) is 5.89 Å². The minimum Gasteiger partial charge on any atom is -0.467 e. The van der Waals surface area contributed by atoms with Crippen molar-refractivity contribution in [3.63, 3.8) is 0 Å². The minimum absolute atomic E-state index is 0.254. The molecule has 4 aromatic rings. The molecule has 4 rings (SSSR count). The maximum atomic E-state index is 12.8. The maximum Gasteiger partial charge on any atom is 0.340 e. The van der Waals surface area contributed by atoms with E-state index in [0.717, 1.165) is 28.3 Å². The van der Waals surface area contributed by atoms with Gasteiger partial charge in [0, 0.05) is 17.0 Å². The summed E-state index contributed by atoms with van der Waals surface area (Å²) < 4.78 is 18.8. The zero-order valence-corrected chi connectivity index (χ0v) is 17.4. The molecule has 0 saturated carbocycles. The fourth-order valence-electron chi connectivity index (χ4n) is 3.38. The van der Waals surface area contributed by atoms with Crippen LogP contribution >= 0.6 is 0 Å². The highest BCUT2D eigenvalue weighted by Gasteiger charge is 2.23. The number of carbonyl (C=O) groups excluding carboxylic acids is 1. The van der Waals surface area contributed by atoms with E-state index in [9.17, 15) is 4.79 Å². The second kappa shape index (κ2) is 8.02. The average Bonchev–Trinajstić information content (AvgIpc) is 3.45. The lowest BCUT2D eigenvalue weighted by Crippen LogP contribution is -2.11. The molecule has 7 heteroatoms. The summed E-state index contributed by atoms with van der Waals surface area (Å²) in [4.78, 5) is 12.8. The molecule has 0 aliphatic carbocycles. The lowest BCUT2D eigenvalue weighted by atomic mass is 10.1. The first-order valence-corrected chi connectivity index (χ1v) is 9.73. The van der Waals surface area contributed by atoms with Crippen LogP contribution in [0.2, 0.25) is 0 Å². The molecule has 0 N–H and O–H groups in total. The summed E-state index contributed by atoms with van der Waals surface area (Å²) in [5.74, 6) is 1.04. The molecule has 30 heavy (non-hydrogen) atoms. The molecule has 7 nitrogen and oxygen atoms in total. The Morgan fingerprint density at radius 2 is 1.97 bits per heavy atom. The second-order valence-electron chi connectivity index (χ2n) is 7.31. The molecular weight excluding hydrogens is 382 g/mol. The van der Waals surface area contributed by atoms with Gasteiger partial charge in [-0.1, -0.05) is 17.7 Å². The largest absolute Gasteiger partial charge is 0.467 e. The molecule has 0 saturated heterocycles. The van der Waals surface area contributed by atoms with Gasteiger partial charge in [-0.15, -0.1) is 10.2 Å². The lowest BCUT2D eigenvalue weighted by molar-refractivity contribution is 0.0279. The predicted molar refractivity (Wildman–Crippen MR) is 110 cm³/mol. The van der Waals surface area contributed by atoms with E-state index in [0.29, 0.717) is 18.0 Å². The van der Waals surface area contributed by atoms with Crippen LogP contribution in [-0.2, 0) is 11.3 Å². The molecule has 0 aliphatic heterocycles. The van der Waals surface area contributed by atoms with Gasteiger partial charge in [0.25, 0.3) is 5.89 Å². The first-order valence-electron chi connectivity index (χ1n) is 9.73. The van der Waals surface area contributed by atoms with Crippen LogP contribution < -0.4 is 0 Å². The zero-order chi connectivity index (χ0) is 21.3. The summed E-state index contributed by atoms with van der Waals surface area (Å²) >= 11 is 0. The summed E-state index contributed by atoms with van der Waals surface area (Å²) in [5, 5.41) is 8.14. The Morgan fingerprint density at radius 1 is 1.13 bits per heavy atom. The van der Waals surface area contributed by atoms with Gasteiger partial charge in [0.2, 0.25) is 5.89 Å². The van der Waals surface area contributed by atoms with Crippen LogP contribution in [0.25, 0.3) is 11.5 Å². The Morgan fingerprint density at radius 3 is 2.70 bits per heavy atom. The van der Waals surface area contributed by atoms with Gasteiger partial charge in [0.05, 0.1) is 18.4 Å². The highest BCUT2D eigenvalue weighted by molar-refractivity contribution is 5.91. The van der Waals surface area contributed by atoms with Gasteiger partial charge in [-0.05, 0) is 58.0 Å². The van der Waals surface area contributed by atoms with E-state index in [2.05, 4.69) is 10.2 Å². The smallest absolute Gasteiger partial charge is 0.340 e. The number of rotatable bonds is 6.